The highest BCUT2D eigenvalue weighted by Gasteiger charge is 1.91. The largest absolute Gasteiger partial charge is 0.374 e. The molecule has 0 bridgehead atoms. The predicted octanol–water partition coefficient (Wildman–Crippen LogP) is -2.90. The van der Waals surface area contributed by atoms with E-state index in [2.05, 4.69) is 15.3 Å². The van der Waals surface area contributed by atoms with Gasteiger partial charge in [0.1, 0.15) is 13.5 Å². The van der Waals surface area contributed by atoms with E-state index in [-0.39, 0.29) is 11.9 Å². The summed E-state index contributed by atoms with van der Waals surface area (Å²) in [6, 6.07) is 0. The Hall–Kier alpha value is -1.34. The first-order chi connectivity index (χ1) is 5.20. The minimum atomic E-state index is -0.425. The molecule has 0 unspecified atom stereocenters. The van der Waals surface area contributed by atoms with Crippen molar-refractivity contribution in [3.05, 3.63) is 0 Å². The van der Waals surface area contributed by atoms with E-state index in [0.717, 1.165) is 0 Å². The van der Waals surface area contributed by atoms with E-state index < -0.39 is 13.5 Å². The Labute approximate surface area is 63.4 Å². The molecule has 0 amide bonds. The van der Waals surface area contributed by atoms with Crippen LogP contribution in [0.3, 0.4) is 0 Å². The molecule has 11 heavy (non-hydrogen) atoms. The summed E-state index contributed by atoms with van der Waals surface area (Å²) in [6.45, 7) is -0.851. The van der Waals surface area contributed by atoms with Crippen molar-refractivity contribution in [2.24, 2.45) is 21.5 Å². The van der Waals surface area contributed by atoms with Crippen molar-refractivity contribution >= 4 is 11.9 Å². The second-order valence-electron chi connectivity index (χ2n) is 1.49. The highest BCUT2D eigenvalue weighted by Crippen LogP contribution is 1.65. The molecule has 7 N–H and O–H groups in total. The standard InChI is InChI=1S/C4H11N5O2/c5-3(7-1-10)9-4(6)8-2-11/h10-11H,1-2H2,(H5,5,6,7,8,9). The number of aliphatic hydroxyl groups excluding tert-OH is 2. The lowest BCUT2D eigenvalue weighted by Crippen LogP contribution is -2.41. The second kappa shape index (κ2) is 5.45. The number of nitrogens with zero attached hydrogens (tertiary/aromatic N) is 2. The quantitative estimate of drug-likeness (QED) is 0.219. The number of hydrogen-bond donors (Lipinski definition) is 5. The molecule has 7 heteroatoms. The Morgan fingerprint density at radius 2 is 1.45 bits per heavy atom. The van der Waals surface area contributed by atoms with Crippen LogP contribution in [0, 0.1) is 0 Å². The van der Waals surface area contributed by atoms with Crippen molar-refractivity contribution < 1.29 is 10.2 Å². The van der Waals surface area contributed by atoms with Crippen molar-refractivity contribution in [2.75, 3.05) is 13.5 Å². The van der Waals surface area contributed by atoms with E-state index in [9.17, 15) is 0 Å². The molecule has 0 aromatic rings. The molecular formula is C4H11N5O2. The van der Waals surface area contributed by atoms with Gasteiger partial charge in [0, 0.05) is 0 Å². The summed E-state index contributed by atoms with van der Waals surface area (Å²) < 4.78 is 0. The molecule has 0 fully saturated rings. The first-order valence-corrected chi connectivity index (χ1v) is 2.79. The predicted molar refractivity (Wildman–Crippen MR) is 40.6 cm³/mol. The van der Waals surface area contributed by atoms with Crippen LogP contribution in [0.4, 0.5) is 0 Å². The summed E-state index contributed by atoms with van der Waals surface area (Å²) in [6.07, 6.45) is 0. The van der Waals surface area contributed by atoms with Gasteiger partial charge in [0.25, 0.3) is 0 Å². The monoisotopic (exact) mass is 161 g/mol. The zero-order valence-corrected chi connectivity index (χ0v) is 5.86. The van der Waals surface area contributed by atoms with Crippen LogP contribution in [0.1, 0.15) is 0 Å². The first-order valence-electron chi connectivity index (χ1n) is 2.79. The summed E-state index contributed by atoms with van der Waals surface area (Å²) in [4.78, 5) is 6.69. The number of nitrogens with two attached hydrogens (primary N) is 2. The smallest absolute Gasteiger partial charge is 0.197 e. The van der Waals surface area contributed by atoms with Crippen molar-refractivity contribution in [1.29, 1.82) is 0 Å². The minimum absolute atomic E-state index is 0.0535. The number of rotatable bonds is 2. The molecule has 0 aliphatic carbocycles. The average molecular weight is 161 g/mol. The van der Waals surface area contributed by atoms with E-state index in [1.165, 1.54) is 0 Å². The van der Waals surface area contributed by atoms with Crippen molar-refractivity contribution in [2.45, 2.75) is 0 Å². The molecule has 0 aliphatic rings. The summed E-state index contributed by atoms with van der Waals surface area (Å²) in [5, 5.41) is 18.8. The zero-order valence-electron chi connectivity index (χ0n) is 5.86. The number of aliphatic hydroxyl groups is 2. The van der Waals surface area contributed by atoms with Gasteiger partial charge in [0.05, 0.1) is 0 Å². The van der Waals surface area contributed by atoms with Crippen LogP contribution in [0.5, 0.6) is 0 Å². The topological polar surface area (TPSA) is 129 Å². The fourth-order valence-corrected chi connectivity index (χ4v) is 0.363. The van der Waals surface area contributed by atoms with E-state index in [1.807, 2.05) is 0 Å². The van der Waals surface area contributed by atoms with Gasteiger partial charge in [-0.2, -0.15) is 0 Å². The third kappa shape index (κ3) is 5.12. The van der Waals surface area contributed by atoms with Gasteiger partial charge in [-0.15, -0.1) is 0 Å². The maximum Gasteiger partial charge on any atom is 0.197 e. The lowest BCUT2D eigenvalue weighted by Gasteiger charge is -2.01. The van der Waals surface area contributed by atoms with Gasteiger partial charge < -0.3 is 21.7 Å². The molecule has 0 heterocycles. The zero-order chi connectivity index (χ0) is 8.69. The Balaban J connectivity index is 3.84. The first kappa shape index (κ1) is 9.66. The second-order valence-corrected chi connectivity index (χ2v) is 1.49. The van der Waals surface area contributed by atoms with Gasteiger partial charge in [-0.25, -0.2) is 9.98 Å². The highest BCUT2D eigenvalue weighted by atomic mass is 16.3. The Bertz CT molecular complexity index is 148. The molecule has 0 aliphatic heterocycles. The summed E-state index contributed by atoms with van der Waals surface area (Å²) in [5.74, 6) is -0.107. The lowest BCUT2D eigenvalue weighted by atomic mass is 10.8. The number of guanidine groups is 2. The van der Waals surface area contributed by atoms with Crippen LogP contribution < -0.4 is 16.8 Å². The molecule has 0 radical (unpaired) electrons. The van der Waals surface area contributed by atoms with Crippen LogP contribution in [0.25, 0.3) is 0 Å². The third-order valence-electron chi connectivity index (χ3n) is 0.738. The average Bonchev–Trinajstić information content (AvgIpc) is 1.87. The van der Waals surface area contributed by atoms with E-state index in [4.69, 9.17) is 21.7 Å². The molecule has 0 rings (SSSR count). The van der Waals surface area contributed by atoms with E-state index in [0.29, 0.717) is 0 Å². The van der Waals surface area contributed by atoms with Gasteiger partial charge in [-0.05, 0) is 0 Å². The molecule has 64 valence electrons. The van der Waals surface area contributed by atoms with E-state index >= 15 is 0 Å². The fourth-order valence-electron chi connectivity index (χ4n) is 0.363. The normalized spacial score (nSPS) is 13.3. The van der Waals surface area contributed by atoms with Gasteiger partial charge in [-0.3, -0.25) is 5.32 Å². The molecule has 0 atom stereocenters. The van der Waals surface area contributed by atoms with Crippen LogP contribution in [-0.2, 0) is 0 Å². The number of aliphatic imine (C=N–C) groups is 2. The summed E-state index contributed by atoms with van der Waals surface area (Å²) >= 11 is 0. The van der Waals surface area contributed by atoms with Crippen LogP contribution in [-0.4, -0.2) is 35.6 Å². The number of hydrogen-bond acceptors (Lipinski definition) is 4. The molecule has 0 saturated heterocycles. The van der Waals surface area contributed by atoms with Crippen LogP contribution in [0.15, 0.2) is 9.98 Å². The molecule has 7 nitrogen and oxygen atoms in total. The number of nitrogens with one attached hydrogen (secondary N) is 1. The van der Waals surface area contributed by atoms with Crippen LogP contribution >= 0.6 is 0 Å². The molecule has 0 saturated carbocycles. The third-order valence-corrected chi connectivity index (χ3v) is 0.738. The summed E-state index contributed by atoms with van der Waals surface area (Å²) in [7, 11) is 0. The molecular weight excluding hydrogens is 150 g/mol. The highest BCUT2D eigenvalue weighted by molar-refractivity contribution is 5.96. The lowest BCUT2D eigenvalue weighted by molar-refractivity contribution is 0.308. The van der Waals surface area contributed by atoms with Gasteiger partial charge in [0.15, 0.2) is 11.9 Å². The van der Waals surface area contributed by atoms with Crippen molar-refractivity contribution in [3.63, 3.8) is 0 Å². The van der Waals surface area contributed by atoms with E-state index in [1.54, 1.807) is 0 Å². The Morgan fingerprint density at radius 1 is 1.09 bits per heavy atom. The Kier molecular flexibility index (Phi) is 4.78. The molecule has 0 aromatic carbocycles. The van der Waals surface area contributed by atoms with Gasteiger partial charge >= 0.3 is 0 Å². The maximum atomic E-state index is 8.24. The minimum Gasteiger partial charge on any atom is -0.374 e. The van der Waals surface area contributed by atoms with Gasteiger partial charge in [-0.1, -0.05) is 0 Å². The Morgan fingerprint density at radius 3 is 1.73 bits per heavy atom. The maximum absolute atomic E-state index is 8.24. The fraction of sp³-hybridized carbons (Fsp3) is 0.500. The van der Waals surface area contributed by atoms with Crippen LogP contribution in [0.2, 0.25) is 0 Å². The van der Waals surface area contributed by atoms with Gasteiger partial charge in [0.2, 0.25) is 0 Å². The molecule has 0 spiro atoms. The molecule has 0 aromatic heterocycles. The van der Waals surface area contributed by atoms with Crippen molar-refractivity contribution in [3.8, 4) is 0 Å². The summed E-state index contributed by atoms with van der Waals surface area (Å²) in [5.41, 5.74) is 10.3. The SMILES string of the molecule is NC(=NCO)NC(N)=NCO. The van der Waals surface area contributed by atoms with Crippen molar-refractivity contribution in [1.82, 2.24) is 5.32 Å².